The first-order chi connectivity index (χ1) is 9.52. The van der Waals surface area contributed by atoms with Crippen molar-refractivity contribution in [1.29, 1.82) is 0 Å². The van der Waals surface area contributed by atoms with Crippen molar-refractivity contribution in [1.82, 2.24) is 0 Å². The van der Waals surface area contributed by atoms with Gasteiger partial charge in [0.2, 0.25) is 0 Å². The number of ether oxygens (including phenoxy) is 1. The third-order valence-corrected chi connectivity index (χ3v) is 4.59. The lowest BCUT2D eigenvalue weighted by molar-refractivity contribution is 0.385. The Kier molecular flexibility index (Phi) is 4.62. The summed E-state index contributed by atoms with van der Waals surface area (Å²) in [5, 5.41) is 0.348. The quantitative estimate of drug-likeness (QED) is 0.880. The number of methoxy groups -OCH3 is 1. The fourth-order valence-electron chi connectivity index (χ4n) is 1.74. The lowest BCUT2D eigenvalue weighted by Crippen LogP contribution is -2.02. The van der Waals surface area contributed by atoms with Crippen molar-refractivity contribution < 1.29 is 13.3 Å². The molecule has 0 radical (unpaired) electrons. The minimum atomic E-state index is -1.48. The first-order valence-corrected chi connectivity index (χ1v) is 7.47. The molecule has 106 valence electrons. The van der Waals surface area contributed by atoms with E-state index in [-0.39, 0.29) is 11.5 Å². The van der Waals surface area contributed by atoms with Gasteiger partial charge in [0.1, 0.15) is 0 Å². The summed E-state index contributed by atoms with van der Waals surface area (Å²) in [6.45, 7) is 0. The number of nitrogens with two attached hydrogens (primary N) is 1. The number of hydrogen-bond donors (Lipinski definition) is 1. The fraction of sp³-hybridized carbons (Fsp3) is 0.143. The van der Waals surface area contributed by atoms with Crippen LogP contribution in [-0.2, 0) is 16.6 Å². The number of rotatable bonds is 4. The molecule has 3 nitrogen and oxygen atoms in total. The van der Waals surface area contributed by atoms with Gasteiger partial charge in [-0.3, -0.25) is 4.21 Å². The highest BCUT2D eigenvalue weighted by Gasteiger charge is 2.14. The second-order valence-corrected chi connectivity index (χ2v) is 5.94. The van der Waals surface area contributed by atoms with Crippen LogP contribution in [0.15, 0.2) is 41.3 Å². The molecule has 0 aliphatic heterocycles. The molecule has 0 fully saturated rings. The topological polar surface area (TPSA) is 52.3 Å². The monoisotopic (exact) mass is 313 g/mol. The van der Waals surface area contributed by atoms with Gasteiger partial charge in [0, 0.05) is 11.3 Å². The van der Waals surface area contributed by atoms with E-state index in [1.165, 1.54) is 19.2 Å². The van der Waals surface area contributed by atoms with E-state index in [1.54, 1.807) is 24.3 Å². The highest BCUT2D eigenvalue weighted by atomic mass is 35.5. The maximum absolute atomic E-state index is 14.0. The summed E-state index contributed by atoms with van der Waals surface area (Å²) in [6.07, 6.45) is 0. The molecular weight excluding hydrogens is 301 g/mol. The average molecular weight is 314 g/mol. The maximum atomic E-state index is 14.0. The molecule has 2 aromatic rings. The van der Waals surface area contributed by atoms with Crippen LogP contribution in [0.3, 0.4) is 0 Å². The zero-order valence-corrected chi connectivity index (χ0v) is 12.3. The van der Waals surface area contributed by atoms with Crippen LogP contribution in [0, 0.1) is 5.82 Å². The summed E-state index contributed by atoms with van der Waals surface area (Å²) < 4.78 is 31.2. The third-order valence-electron chi connectivity index (χ3n) is 2.75. The van der Waals surface area contributed by atoms with Gasteiger partial charge >= 0.3 is 0 Å². The molecule has 2 rings (SSSR count). The molecule has 2 aromatic carbocycles. The summed E-state index contributed by atoms with van der Waals surface area (Å²) in [5.74, 6) is -0.381. The van der Waals surface area contributed by atoms with Gasteiger partial charge in [0.05, 0.1) is 33.6 Å². The van der Waals surface area contributed by atoms with Crippen molar-refractivity contribution in [2.45, 2.75) is 10.6 Å². The summed E-state index contributed by atoms with van der Waals surface area (Å²) in [5.41, 5.74) is 6.42. The fourth-order valence-corrected chi connectivity index (χ4v) is 3.33. The van der Waals surface area contributed by atoms with Gasteiger partial charge < -0.3 is 10.5 Å². The molecule has 0 saturated heterocycles. The lowest BCUT2D eigenvalue weighted by atomic mass is 10.2. The van der Waals surface area contributed by atoms with Gasteiger partial charge in [0.25, 0.3) is 0 Å². The van der Waals surface area contributed by atoms with E-state index in [2.05, 4.69) is 0 Å². The van der Waals surface area contributed by atoms with Crippen LogP contribution in [0.25, 0.3) is 0 Å². The van der Waals surface area contributed by atoms with E-state index in [9.17, 15) is 8.60 Å². The molecule has 0 saturated carbocycles. The van der Waals surface area contributed by atoms with E-state index in [1.807, 2.05) is 0 Å². The molecule has 0 bridgehead atoms. The van der Waals surface area contributed by atoms with Crippen molar-refractivity contribution >= 4 is 28.1 Å². The molecule has 0 heterocycles. The first-order valence-electron chi connectivity index (χ1n) is 5.77. The Morgan fingerprint density at radius 2 is 2.10 bits per heavy atom. The predicted molar refractivity (Wildman–Crippen MR) is 78.9 cm³/mol. The van der Waals surface area contributed by atoms with E-state index in [4.69, 9.17) is 22.1 Å². The zero-order chi connectivity index (χ0) is 14.7. The number of halogens is 2. The third kappa shape index (κ3) is 3.11. The Balaban J connectivity index is 2.30. The van der Waals surface area contributed by atoms with E-state index < -0.39 is 16.6 Å². The molecule has 1 unspecified atom stereocenters. The summed E-state index contributed by atoms with van der Waals surface area (Å²) in [6, 6.07) is 9.46. The Labute approximate surface area is 124 Å². The molecule has 0 aromatic heterocycles. The molecular formula is C14H13ClFNO2S. The second-order valence-electron chi connectivity index (χ2n) is 4.11. The highest BCUT2D eigenvalue weighted by Crippen LogP contribution is 2.26. The minimum Gasteiger partial charge on any atom is -0.494 e. The predicted octanol–water partition coefficient (Wildman–Crippen LogP) is 3.38. The van der Waals surface area contributed by atoms with Crippen LogP contribution in [0.5, 0.6) is 5.75 Å². The van der Waals surface area contributed by atoms with Crippen LogP contribution in [0.1, 0.15) is 5.56 Å². The van der Waals surface area contributed by atoms with Crippen molar-refractivity contribution in [2.24, 2.45) is 0 Å². The molecule has 6 heteroatoms. The molecule has 0 spiro atoms. The molecule has 0 aliphatic rings. The molecule has 0 amide bonds. The number of hydrogen-bond acceptors (Lipinski definition) is 3. The van der Waals surface area contributed by atoms with Crippen molar-refractivity contribution in [3.8, 4) is 5.75 Å². The Hall–Kier alpha value is -1.59. The Morgan fingerprint density at radius 1 is 1.35 bits per heavy atom. The summed E-state index contributed by atoms with van der Waals surface area (Å²) >= 11 is 5.99. The SMILES string of the molecule is COc1cccc(CS(=O)c2cc(N)ccc2Cl)c1F. The summed E-state index contributed by atoms with van der Waals surface area (Å²) in [7, 11) is -0.101. The lowest BCUT2D eigenvalue weighted by Gasteiger charge is -2.09. The maximum Gasteiger partial charge on any atom is 0.169 e. The van der Waals surface area contributed by atoms with Crippen molar-refractivity contribution in [2.75, 3.05) is 12.8 Å². The zero-order valence-electron chi connectivity index (χ0n) is 10.7. The molecule has 20 heavy (non-hydrogen) atoms. The van der Waals surface area contributed by atoms with Gasteiger partial charge in [-0.25, -0.2) is 4.39 Å². The largest absolute Gasteiger partial charge is 0.494 e. The van der Waals surface area contributed by atoms with Gasteiger partial charge in [0.15, 0.2) is 11.6 Å². The number of benzene rings is 2. The van der Waals surface area contributed by atoms with Crippen molar-refractivity contribution in [3.63, 3.8) is 0 Å². The number of nitrogen functional groups attached to an aromatic ring is 1. The first kappa shape index (κ1) is 14.8. The van der Waals surface area contributed by atoms with Gasteiger partial charge in [-0.1, -0.05) is 23.7 Å². The van der Waals surface area contributed by atoms with E-state index in [0.29, 0.717) is 21.2 Å². The normalized spacial score (nSPS) is 12.2. The van der Waals surface area contributed by atoms with E-state index in [0.717, 1.165) is 0 Å². The van der Waals surface area contributed by atoms with Crippen LogP contribution in [-0.4, -0.2) is 11.3 Å². The number of anilines is 1. The van der Waals surface area contributed by atoms with Crippen molar-refractivity contribution in [3.05, 3.63) is 52.8 Å². The highest BCUT2D eigenvalue weighted by molar-refractivity contribution is 7.84. The van der Waals surface area contributed by atoms with Gasteiger partial charge in [-0.2, -0.15) is 0 Å². The Bertz CT molecular complexity index is 664. The standard InChI is InChI=1S/C14H13ClFNO2S/c1-19-12-4-2-3-9(14(12)16)8-20(18)13-7-10(17)5-6-11(13)15/h2-7H,8,17H2,1H3. The summed E-state index contributed by atoms with van der Waals surface area (Å²) in [4.78, 5) is 0.397. The second kappa shape index (κ2) is 6.24. The van der Waals surface area contributed by atoms with Crippen LogP contribution < -0.4 is 10.5 Å². The van der Waals surface area contributed by atoms with Crippen LogP contribution in [0.2, 0.25) is 5.02 Å². The minimum absolute atomic E-state index is 0.00616. The Morgan fingerprint density at radius 3 is 2.80 bits per heavy atom. The van der Waals surface area contributed by atoms with Gasteiger partial charge in [-0.05, 0) is 24.3 Å². The van der Waals surface area contributed by atoms with E-state index >= 15 is 0 Å². The van der Waals surface area contributed by atoms with Crippen LogP contribution >= 0.6 is 11.6 Å². The average Bonchev–Trinajstić information content (AvgIpc) is 2.43. The van der Waals surface area contributed by atoms with Crippen LogP contribution in [0.4, 0.5) is 10.1 Å². The molecule has 1 atom stereocenters. The smallest absolute Gasteiger partial charge is 0.169 e. The molecule has 2 N–H and O–H groups in total. The van der Waals surface area contributed by atoms with Gasteiger partial charge in [-0.15, -0.1) is 0 Å². The molecule has 0 aliphatic carbocycles.